The second kappa shape index (κ2) is 17.9. The van der Waals surface area contributed by atoms with Crippen LogP contribution < -0.4 is 32.8 Å². The van der Waals surface area contributed by atoms with Crippen molar-refractivity contribution in [3.63, 3.8) is 0 Å². The smallest absolute Gasteiger partial charge is 0.759 e. The molecular formula is C21H24FeN8O12S. The Kier molecular flexibility index (Phi) is 16.0. The minimum absolute atomic E-state index is 0. The van der Waals surface area contributed by atoms with Crippen LogP contribution >= 0.6 is 0 Å². The SMILES string of the molecule is NCC(=O)[O-].Nc1nc2ncc(CNc3ccc(C(=O)NC(CCC(=O)O)C(=O)O)cc3)nc2c(=O)[nH]1.O=S(=O)([O-])[O-].[Fe+2].[H+]. The summed E-state index contributed by atoms with van der Waals surface area (Å²) >= 11 is 0. The summed E-state index contributed by atoms with van der Waals surface area (Å²) in [5, 5.41) is 32.3. The van der Waals surface area contributed by atoms with E-state index in [1.807, 2.05) is 0 Å². The molecule has 1 aromatic carbocycles. The van der Waals surface area contributed by atoms with Crippen molar-refractivity contribution in [2.24, 2.45) is 5.73 Å². The monoisotopic (exact) mass is 668 g/mol. The second-order valence-corrected chi connectivity index (χ2v) is 8.51. The van der Waals surface area contributed by atoms with E-state index >= 15 is 0 Å². The van der Waals surface area contributed by atoms with Gasteiger partial charge in [-0.25, -0.2) is 14.8 Å². The fourth-order valence-electron chi connectivity index (χ4n) is 2.75. The van der Waals surface area contributed by atoms with E-state index in [1.54, 1.807) is 12.1 Å². The molecule has 2 aromatic heterocycles. The van der Waals surface area contributed by atoms with Crippen molar-refractivity contribution in [2.45, 2.75) is 25.4 Å². The molecular weight excluding hydrogens is 644 g/mol. The number of carboxylic acids is 3. The summed E-state index contributed by atoms with van der Waals surface area (Å²) in [6.45, 7) is -0.158. The summed E-state index contributed by atoms with van der Waals surface area (Å²) in [7, 11) is -5.17. The van der Waals surface area contributed by atoms with Crippen LogP contribution in [-0.2, 0) is 48.4 Å². The first-order valence-corrected chi connectivity index (χ1v) is 12.5. The van der Waals surface area contributed by atoms with Crippen LogP contribution in [0.1, 0.15) is 30.3 Å². The fraction of sp³-hybridized carbons (Fsp3) is 0.238. The number of hydrogen-bond acceptors (Lipinski definition) is 16. The molecule has 0 saturated heterocycles. The quantitative estimate of drug-likeness (QED) is 0.0623. The molecule has 1 atom stereocenters. The van der Waals surface area contributed by atoms with Gasteiger partial charge in [-0.05, 0) is 30.7 Å². The summed E-state index contributed by atoms with van der Waals surface area (Å²) in [5.41, 5.74) is 11.0. The van der Waals surface area contributed by atoms with Gasteiger partial charge in [0.2, 0.25) is 5.95 Å². The zero-order chi connectivity index (χ0) is 32.0. The van der Waals surface area contributed by atoms with Crippen LogP contribution in [0.15, 0.2) is 35.3 Å². The molecule has 2 heterocycles. The van der Waals surface area contributed by atoms with Crippen molar-refractivity contribution in [1.82, 2.24) is 25.3 Å². The normalized spacial score (nSPS) is 10.9. The number of aromatic amines is 1. The van der Waals surface area contributed by atoms with Crippen LogP contribution in [0.25, 0.3) is 11.2 Å². The standard InChI is InChI=1S/C19H19N7O6.C2H5NO2.Fe.H2O4S/c20-19-25-15-14(17(30)26-19)23-11(8-22-15)7-21-10-3-1-9(2-4-10)16(29)24-12(18(31)32)5-6-13(27)28;3-1-2(4)5;;1-5(2,3)4/h1-4,8,12,21H,5-7H2,(H,24,29)(H,27,28)(H,31,32)(H3,20,22,25,26,30);1,3H2,(H,4,5);;(H2,1,2,3,4)/q;;+2;/p-2. The predicted octanol–water partition coefficient (Wildman–Crippen LogP) is -3.58. The van der Waals surface area contributed by atoms with Gasteiger partial charge in [-0.2, -0.15) is 4.98 Å². The van der Waals surface area contributed by atoms with E-state index in [2.05, 4.69) is 36.3 Å². The van der Waals surface area contributed by atoms with Crippen LogP contribution in [0.3, 0.4) is 0 Å². The molecule has 0 aliphatic rings. The molecule has 0 radical (unpaired) electrons. The fourth-order valence-corrected chi connectivity index (χ4v) is 2.75. The zero-order valence-corrected chi connectivity index (χ0v) is 23.4. The molecule has 0 bridgehead atoms. The molecule has 1 unspecified atom stereocenters. The number of rotatable bonds is 10. The molecule has 9 N–H and O–H groups in total. The van der Waals surface area contributed by atoms with E-state index in [0.29, 0.717) is 11.4 Å². The number of fused-ring (bicyclic) bond motifs is 1. The van der Waals surface area contributed by atoms with Crippen molar-refractivity contribution < 1.29 is 70.5 Å². The molecule has 43 heavy (non-hydrogen) atoms. The Balaban J connectivity index is 0. The number of aliphatic carboxylic acids is 3. The third-order valence-electron chi connectivity index (χ3n) is 4.52. The molecule has 20 nitrogen and oxygen atoms in total. The summed E-state index contributed by atoms with van der Waals surface area (Å²) < 4.78 is 34.1. The van der Waals surface area contributed by atoms with Gasteiger partial charge in [-0.3, -0.25) is 27.8 Å². The average Bonchev–Trinajstić information content (AvgIpc) is 2.89. The minimum atomic E-state index is -5.17. The number of carboxylic acid groups (broad SMARTS) is 3. The van der Waals surface area contributed by atoms with Crippen LogP contribution in [0.5, 0.6) is 0 Å². The van der Waals surface area contributed by atoms with Crippen molar-refractivity contribution >= 4 is 57.0 Å². The molecule has 3 aromatic rings. The number of amides is 1. The third kappa shape index (κ3) is 15.7. The molecule has 1 amide bonds. The van der Waals surface area contributed by atoms with Crippen molar-refractivity contribution in [2.75, 3.05) is 17.6 Å². The van der Waals surface area contributed by atoms with Gasteiger partial charge < -0.3 is 51.3 Å². The summed E-state index contributed by atoms with van der Waals surface area (Å²) in [6.07, 6.45) is 0.840. The third-order valence-corrected chi connectivity index (χ3v) is 4.52. The maximum absolute atomic E-state index is 12.3. The first-order valence-electron chi connectivity index (χ1n) is 11.2. The van der Waals surface area contributed by atoms with Gasteiger partial charge in [0.15, 0.2) is 11.2 Å². The number of nitrogens with one attached hydrogen (secondary N) is 3. The zero-order valence-electron chi connectivity index (χ0n) is 22.5. The molecule has 0 fully saturated rings. The van der Waals surface area contributed by atoms with E-state index in [-0.39, 0.29) is 67.1 Å². The van der Waals surface area contributed by atoms with E-state index < -0.39 is 45.8 Å². The van der Waals surface area contributed by atoms with Gasteiger partial charge in [0.05, 0.1) is 24.4 Å². The summed E-state index contributed by atoms with van der Waals surface area (Å²) in [6, 6.07) is 4.86. The predicted molar refractivity (Wildman–Crippen MR) is 138 cm³/mol. The van der Waals surface area contributed by atoms with E-state index in [9.17, 15) is 19.2 Å². The van der Waals surface area contributed by atoms with Crippen LogP contribution in [0.2, 0.25) is 0 Å². The molecule has 0 aliphatic heterocycles. The molecule has 22 heteroatoms. The number of aromatic nitrogens is 4. The molecule has 0 aliphatic carbocycles. The van der Waals surface area contributed by atoms with Crippen molar-refractivity contribution in [1.29, 1.82) is 0 Å². The number of carbonyl (C=O) groups excluding carboxylic acids is 2. The van der Waals surface area contributed by atoms with Crippen LogP contribution in [0.4, 0.5) is 11.6 Å². The Hall–Kier alpha value is -4.73. The van der Waals surface area contributed by atoms with Gasteiger partial charge >= 0.3 is 30.4 Å². The van der Waals surface area contributed by atoms with Gasteiger partial charge in [0, 0.05) is 34.6 Å². The van der Waals surface area contributed by atoms with E-state index in [1.165, 1.54) is 18.3 Å². The summed E-state index contributed by atoms with van der Waals surface area (Å²) in [5.74, 6) is -4.37. The number of carbonyl (C=O) groups is 4. The number of nitrogen functional groups attached to an aromatic ring is 1. The Morgan fingerprint density at radius 1 is 1.09 bits per heavy atom. The number of anilines is 2. The molecule has 0 spiro atoms. The maximum atomic E-state index is 12.3. The largest absolute Gasteiger partial charge is 2.00 e. The molecule has 0 saturated carbocycles. The Bertz CT molecular complexity index is 1580. The van der Waals surface area contributed by atoms with Crippen molar-refractivity contribution in [3.8, 4) is 0 Å². The van der Waals surface area contributed by atoms with Crippen molar-refractivity contribution in [3.05, 3.63) is 52.1 Å². The van der Waals surface area contributed by atoms with E-state index in [4.69, 9.17) is 43.4 Å². The number of H-pyrrole nitrogens is 1. The van der Waals surface area contributed by atoms with Gasteiger partial charge in [0.1, 0.15) is 6.04 Å². The summed E-state index contributed by atoms with van der Waals surface area (Å²) in [4.78, 5) is 69.7. The number of nitrogens with zero attached hydrogens (tertiary/aromatic N) is 3. The number of benzene rings is 1. The van der Waals surface area contributed by atoms with Gasteiger partial charge in [-0.15, -0.1) is 0 Å². The first-order chi connectivity index (χ1) is 19.5. The number of nitrogens with two attached hydrogens (primary N) is 2. The average molecular weight is 668 g/mol. The second-order valence-electron chi connectivity index (χ2n) is 7.70. The maximum Gasteiger partial charge on any atom is 2.00 e. The Morgan fingerprint density at radius 3 is 2.14 bits per heavy atom. The number of hydrogen-bond donors (Lipinski definition) is 7. The van der Waals surface area contributed by atoms with Crippen LogP contribution in [-0.4, -0.2) is 84.1 Å². The first kappa shape index (κ1) is 38.3. The van der Waals surface area contributed by atoms with Gasteiger partial charge in [-0.1, -0.05) is 0 Å². The topological polar surface area (TPSA) is 360 Å². The van der Waals surface area contributed by atoms with Crippen LogP contribution in [0, 0.1) is 0 Å². The minimum Gasteiger partial charge on any atom is -0.759 e. The molecule has 3 rings (SSSR count). The Labute approximate surface area is 253 Å². The Morgan fingerprint density at radius 2 is 1.65 bits per heavy atom. The van der Waals surface area contributed by atoms with E-state index in [0.717, 1.165) is 0 Å². The molecule has 234 valence electrons. The van der Waals surface area contributed by atoms with Gasteiger partial charge in [0.25, 0.3) is 11.5 Å².